The quantitative estimate of drug-likeness (QED) is 0.857. The molecule has 0 saturated carbocycles. The van der Waals surface area contributed by atoms with E-state index in [0.29, 0.717) is 19.6 Å². The van der Waals surface area contributed by atoms with Crippen molar-refractivity contribution in [1.82, 2.24) is 15.1 Å². The van der Waals surface area contributed by atoms with Gasteiger partial charge in [0.05, 0.1) is 12.6 Å². The molecule has 2 saturated heterocycles. The lowest BCUT2D eigenvalue weighted by Crippen LogP contribution is -2.55. The monoisotopic (exact) mass is 358 g/mol. The molecule has 1 aromatic carbocycles. The van der Waals surface area contributed by atoms with Crippen molar-refractivity contribution in [2.75, 3.05) is 44.6 Å². The Morgan fingerprint density at radius 2 is 1.81 bits per heavy atom. The van der Waals surface area contributed by atoms with Crippen LogP contribution in [0.4, 0.5) is 5.69 Å². The number of anilines is 1. The van der Waals surface area contributed by atoms with Gasteiger partial charge in [0.15, 0.2) is 0 Å². The minimum atomic E-state index is -0.0115. The van der Waals surface area contributed by atoms with Crippen LogP contribution in [0.5, 0.6) is 0 Å². The van der Waals surface area contributed by atoms with E-state index in [0.717, 1.165) is 55.7 Å². The number of carbonyl (C=O) groups is 2. The van der Waals surface area contributed by atoms with Crippen molar-refractivity contribution in [3.05, 3.63) is 29.3 Å². The van der Waals surface area contributed by atoms with Gasteiger partial charge >= 0.3 is 0 Å². The Labute approximate surface area is 155 Å². The predicted molar refractivity (Wildman–Crippen MR) is 103 cm³/mol. The molecule has 2 N–H and O–H groups in total. The summed E-state index contributed by atoms with van der Waals surface area (Å²) in [4.78, 5) is 29.0. The predicted octanol–water partition coefficient (Wildman–Crippen LogP) is 1.53. The fourth-order valence-electron chi connectivity index (χ4n) is 3.80. The Morgan fingerprint density at radius 3 is 2.42 bits per heavy atom. The number of hydrogen-bond donors (Lipinski definition) is 2. The van der Waals surface area contributed by atoms with Crippen molar-refractivity contribution in [3.8, 4) is 0 Å². The molecule has 2 aliphatic rings. The van der Waals surface area contributed by atoms with Crippen molar-refractivity contribution < 1.29 is 9.59 Å². The summed E-state index contributed by atoms with van der Waals surface area (Å²) < 4.78 is 0. The van der Waals surface area contributed by atoms with E-state index in [4.69, 9.17) is 0 Å². The first-order valence-electron chi connectivity index (χ1n) is 9.65. The van der Waals surface area contributed by atoms with Crippen molar-refractivity contribution >= 4 is 17.5 Å². The number of benzene rings is 1. The molecule has 0 aromatic heterocycles. The summed E-state index contributed by atoms with van der Waals surface area (Å²) in [5, 5.41) is 6.37. The standard InChI is InChI=1S/C20H30N4O2/c1-15-6-5-7-16(2)19(15)22-18(25)14-23-10-12-24(13-11-23)20(26)17-8-3-4-9-21-17/h5-7,17,21H,3-4,8-14H2,1-2H3,(H,22,25). The molecule has 2 heterocycles. The van der Waals surface area contributed by atoms with Gasteiger partial charge in [-0.25, -0.2) is 0 Å². The molecule has 0 aliphatic carbocycles. The van der Waals surface area contributed by atoms with E-state index in [1.165, 1.54) is 0 Å². The summed E-state index contributed by atoms with van der Waals surface area (Å²) in [7, 11) is 0. The molecule has 0 bridgehead atoms. The van der Waals surface area contributed by atoms with Crippen molar-refractivity contribution in [1.29, 1.82) is 0 Å². The van der Waals surface area contributed by atoms with Gasteiger partial charge in [-0.1, -0.05) is 24.6 Å². The minimum Gasteiger partial charge on any atom is -0.339 e. The van der Waals surface area contributed by atoms with Crippen LogP contribution >= 0.6 is 0 Å². The number of amides is 2. The zero-order valence-electron chi connectivity index (χ0n) is 15.9. The highest BCUT2D eigenvalue weighted by Crippen LogP contribution is 2.19. The van der Waals surface area contributed by atoms with Crippen LogP contribution in [0.3, 0.4) is 0 Å². The van der Waals surface area contributed by atoms with Crippen LogP contribution in [0.2, 0.25) is 0 Å². The van der Waals surface area contributed by atoms with Gasteiger partial charge < -0.3 is 15.5 Å². The molecule has 3 rings (SSSR count). The number of rotatable bonds is 4. The summed E-state index contributed by atoms with van der Waals surface area (Å²) in [5.41, 5.74) is 3.07. The summed E-state index contributed by atoms with van der Waals surface area (Å²) in [6, 6.07) is 6.00. The molecule has 0 spiro atoms. The fourth-order valence-corrected chi connectivity index (χ4v) is 3.80. The van der Waals surface area contributed by atoms with Gasteiger partial charge in [0.1, 0.15) is 0 Å². The number of para-hydroxylation sites is 1. The average molecular weight is 358 g/mol. The molecule has 1 unspecified atom stereocenters. The topological polar surface area (TPSA) is 64.7 Å². The Bertz CT molecular complexity index is 627. The van der Waals surface area contributed by atoms with Gasteiger partial charge in [0.2, 0.25) is 11.8 Å². The first-order chi connectivity index (χ1) is 12.5. The molecule has 0 radical (unpaired) electrons. The van der Waals surface area contributed by atoms with Crippen LogP contribution in [0, 0.1) is 13.8 Å². The van der Waals surface area contributed by atoms with Crippen LogP contribution < -0.4 is 10.6 Å². The van der Waals surface area contributed by atoms with E-state index >= 15 is 0 Å². The smallest absolute Gasteiger partial charge is 0.239 e. The van der Waals surface area contributed by atoms with Crippen LogP contribution in [-0.2, 0) is 9.59 Å². The van der Waals surface area contributed by atoms with Crippen LogP contribution in [0.15, 0.2) is 18.2 Å². The maximum Gasteiger partial charge on any atom is 0.239 e. The number of nitrogens with zero attached hydrogens (tertiary/aromatic N) is 2. The van der Waals surface area contributed by atoms with Gasteiger partial charge in [-0.2, -0.15) is 0 Å². The van der Waals surface area contributed by atoms with Gasteiger partial charge in [-0.15, -0.1) is 0 Å². The lowest BCUT2D eigenvalue weighted by molar-refractivity contribution is -0.135. The molecular formula is C20H30N4O2. The van der Waals surface area contributed by atoms with E-state index in [1.807, 2.05) is 36.9 Å². The molecular weight excluding hydrogens is 328 g/mol. The number of nitrogens with one attached hydrogen (secondary N) is 2. The average Bonchev–Trinajstić information content (AvgIpc) is 2.66. The molecule has 6 nitrogen and oxygen atoms in total. The number of piperidine rings is 1. The minimum absolute atomic E-state index is 0.0103. The first kappa shape index (κ1) is 18.9. The maximum atomic E-state index is 12.6. The third kappa shape index (κ3) is 4.62. The van der Waals surface area contributed by atoms with Crippen molar-refractivity contribution in [2.45, 2.75) is 39.2 Å². The summed E-state index contributed by atoms with van der Waals surface area (Å²) >= 11 is 0. The third-order valence-electron chi connectivity index (χ3n) is 5.41. The Kier molecular flexibility index (Phi) is 6.27. The summed E-state index contributed by atoms with van der Waals surface area (Å²) in [6.45, 7) is 8.23. The number of piperazine rings is 1. The molecule has 1 aromatic rings. The lowest BCUT2D eigenvalue weighted by Gasteiger charge is -2.37. The van der Waals surface area contributed by atoms with Crippen molar-refractivity contribution in [2.24, 2.45) is 0 Å². The maximum absolute atomic E-state index is 12.6. The Balaban J connectivity index is 1.46. The second-order valence-corrected chi connectivity index (χ2v) is 7.42. The third-order valence-corrected chi connectivity index (χ3v) is 5.41. The van der Waals surface area contributed by atoms with E-state index in [9.17, 15) is 9.59 Å². The normalized spacial score (nSPS) is 21.5. The van der Waals surface area contributed by atoms with E-state index in [1.54, 1.807) is 0 Å². The zero-order valence-corrected chi connectivity index (χ0v) is 15.9. The molecule has 2 aliphatic heterocycles. The molecule has 6 heteroatoms. The number of carbonyl (C=O) groups excluding carboxylic acids is 2. The first-order valence-corrected chi connectivity index (χ1v) is 9.65. The van der Waals surface area contributed by atoms with Gasteiger partial charge in [0, 0.05) is 31.9 Å². The van der Waals surface area contributed by atoms with E-state index in [-0.39, 0.29) is 17.9 Å². The van der Waals surface area contributed by atoms with Crippen LogP contribution in [0.25, 0.3) is 0 Å². The lowest BCUT2D eigenvalue weighted by atomic mass is 10.0. The highest BCUT2D eigenvalue weighted by Gasteiger charge is 2.28. The summed E-state index contributed by atoms with van der Waals surface area (Å²) in [5.74, 6) is 0.237. The van der Waals surface area contributed by atoms with Crippen LogP contribution in [-0.4, -0.2) is 66.9 Å². The highest BCUT2D eigenvalue weighted by molar-refractivity contribution is 5.93. The van der Waals surface area contributed by atoms with Gasteiger partial charge in [0.25, 0.3) is 0 Å². The molecule has 142 valence electrons. The van der Waals surface area contributed by atoms with E-state index in [2.05, 4.69) is 15.5 Å². The largest absolute Gasteiger partial charge is 0.339 e. The zero-order chi connectivity index (χ0) is 18.5. The number of aryl methyl sites for hydroxylation is 2. The SMILES string of the molecule is Cc1cccc(C)c1NC(=O)CN1CCN(C(=O)C2CCCCN2)CC1. The summed E-state index contributed by atoms with van der Waals surface area (Å²) in [6.07, 6.45) is 3.23. The fraction of sp³-hybridized carbons (Fsp3) is 0.600. The molecule has 2 amide bonds. The molecule has 1 atom stereocenters. The second-order valence-electron chi connectivity index (χ2n) is 7.42. The van der Waals surface area contributed by atoms with Gasteiger partial charge in [-0.3, -0.25) is 14.5 Å². The second kappa shape index (κ2) is 8.64. The van der Waals surface area contributed by atoms with Gasteiger partial charge in [-0.05, 0) is 44.4 Å². The van der Waals surface area contributed by atoms with Crippen LogP contribution in [0.1, 0.15) is 30.4 Å². The Morgan fingerprint density at radius 1 is 1.12 bits per heavy atom. The molecule has 26 heavy (non-hydrogen) atoms. The van der Waals surface area contributed by atoms with Crippen molar-refractivity contribution in [3.63, 3.8) is 0 Å². The molecule has 2 fully saturated rings. The number of hydrogen-bond acceptors (Lipinski definition) is 4. The Hall–Kier alpha value is -1.92. The van der Waals surface area contributed by atoms with E-state index < -0.39 is 0 Å². The highest BCUT2D eigenvalue weighted by atomic mass is 16.2.